The van der Waals surface area contributed by atoms with E-state index in [1.54, 1.807) is 18.2 Å². The molecule has 1 atom stereocenters. The van der Waals surface area contributed by atoms with Crippen LogP contribution in [-0.4, -0.2) is 74.5 Å². The molecule has 2 heterocycles. The van der Waals surface area contributed by atoms with E-state index in [4.69, 9.17) is 16.3 Å². The minimum atomic E-state index is -3.78. The fourth-order valence-corrected chi connectivity index (χ4v) is 6.86. The average Bonchev–Trinajstić information content (AvgIpc) is 2.80. The standard InChI is InChI=1S/C22H32ClN3O4S/c23-19-8-4-5-9-21(19)31(28,29)26-14-15-30-20(16-26)22(27)24-17-10-12-25(13-11-17)18-6-2-1-3-7-18/h4-5,8-9,17-18,20H,1-3,6-7,10-16H2,(H,24,27)/t20-/m0/s1. The zero-order chi connectivity index (χ0) is 21.8. The Bertz CT molecular complexity index is 867. The first kappa shape index (κ1) is 23.0. The molecule has 1 aromatic carbocycles. The van der Waals surface area contributed by atoms with Gasteiger partial charge in [0.05, 0.1) is 11.6 Å². The lowest BCUT2D eigenvalue weighted by Crippen LogP contribution is -2.55. The number of piperidine rings is 1. The zero-order valence-corrected chi connectivity index (χ0v) is 19.4. The molecule has 0 aromatic heterocycles. The van der Waals surface area contributed by atoms with Crippen molar-refractivity contribution >= 4 is 27.5 Å². The van der Waals surface area contributed by atoms with E-state index >= 15 is 0 Å². The lowest BCUT2D eigenvalue weighted by atomic mass is 9.92. The molecule has 1 saturated carbocycles. The number of nitrogens with zero attached hydrogens (tertiary/aromatic N) is 2. The van der Waals surface area contributed by atoms with Crippen molar-refractivity contribution < 1.29 is 17.9 Å². The molecule has 3 fully saturated rings. The Morgan fingerprint density at radius 1 is 1.03 bits per heavy atom. The molecular weight excluding hydrogens is 438 g/mol. The van der Waals surface area contributed by atoms with Crippen molar-refractivity contribution in [2.75, 3.05) is 32.8 Å². The summed E-state index contributed by atoms with van der Waals surface area (Å²) in [6.45, 7) is 2.40. The number of sulfonamides is 1. The molecule has 0 unspecified atom stereocenters. The summed E-state index contributed by atoms with van der Waals surface area (Å²) >= 11 is 6.10. The van der Waals surface area contributed by atoms with E-state index in [-0.39, 0.29) is 41.6 Å². The molecule has 172 valence electrons. The van der Waals surface area contributed by atoms with Crippen molar-refractivity contribution in [3.63, 3.8) is 0 Å². The lowest BCUT2D eigenvalue weighted by molar-refractivity contribution is -0.137. The third-order valence-electron chi connectivity index (χ3n) is 6.74. The van der Waals surface area contributed by atoms with Crippen LogP contribution in [-0.2, 0) is 19.6 Å². The highest BCUT2D eigenvalue weighted by Crippen LogP contribution is 2.27. The molecule has 31 heavy (non-hydrogen) atoms. The van der Waals surface area contributed by atoms with Gasteiger partial charge in [-0.1, -0.05) is 43.0 Å². The molecule has 7 nitrogen and oxygen atoms in total. The monoisotopic (exact) mass is 469 g/mol. The van der Waals surface area contributed by atoms with E-state index in [1.165, 1.54) is 42.5 Å². The summed E-state index contributed by atoms with van der Waals surface area (Å²) < 4.78 is 32.9. The van der Waals surface area contributed by atoms with E-state index in [0.29, 0.717) is 6.04 Å². The van der Waals surface area contributed by atoms with Gasteiger partial charge in [-0.3, -0.25) is 4.79 Å². The van der Waals surface area contributed by atoms with Gasteiger partial charge in [0.15, 0.2) is 0 Å². The first-order valence-electron chi connectivity index (χ1n) is 11.4. The Labute approximate surface area is 190 Å². The van der Waals surface area contributed by atoms with Crippen LogP contribution in [0.15, 0.2) is 29.2 Å². The molecule has 3 aliphatic rings. The number of carbonyl (C=O) groups is 1. The maximum absolute atomic E-state index is 13.0. The van der Waals surface area contributed by atoms with Gasteiger partial charge >= 0.3 is 0 Å². The van der Waals surface area contributed by atoms with Crippen molar-refractivity contribution in [1.82, 2.24) is 14.5 Å². The number of morpholine rings is 1. The van der Waals surface area contributed by atoms with Gasteiger partial charge in [-0.05, 0) is 37.8 Å². The fraction of sp³-hybridized carbons (Fsp3) is 0.682. The van der Waals surface area contributed by atoms with Crippen LogP contribution in [0.1, 0.15) is 44.9 Å². The second kappa shape index (κ2) is 10.2. The smallest absolute Gasteiger partial charge is 0.250 e. The first-order valence-corrected chi connectivity index (χ1v) is 13.2. The van der Waals surface area contributed by atoms with Crippen LogP contribution in [0.4, 0.5) is 0 Å². The molecule has 0 spiro atoms. The highest BCUT2D eigenvalue weighted by molar-refractivity contribution is 7.89. The van der Waals surface area contributed by atoms with Gasteiger partial charge in [-0.25, -0.2) is 8.42 Å². The normalized spacial score (nSPS) is 25.4. The van der Waals surface area contributed by atoms with Gasteiger partial charge in [0.2, 0.25) is 10.0 Å². The van der Waals surface area contributed by atoms with Crippen molar-refractivity contribution in [3.05, 3.63) is 29.3 Å². The summed E-state index contributed by atoms with van der Waals surface area (Å²) in [5, 5.41) is 3.28. The molecule has 1 aliphatic carbocycles. The van der Waals surface area contributed by atoms with Crippen molar-refractivity contribution in [1.29, 1.82) is 0 Å². The average molecular weight is 470 g/mol. The molecule has 4 rings (SSSR count). The highest BCUT2D eigenvalue weighted by atomic mass is 35.5. The first-order chi connectivity index (χ1) is 14.9. The van der Waals surface area contributed by atoms with Gasteiger partial charge in [0.1, 0.15) is 11.0 Å². The second-order valence-electron chi connectivity index (χ2n) is 8.76. The highest BCUT2D eigenvalue weighted by Gasteiger charge is 2.36. The zero-order valence-electron chi connectivity index (χ0n) is 17.8. The predicted octanol–water partition coefficient (Wildman–Crippen LogP) is 2.64. The predicted molar refractivity (Wildman–Crippen MR) is 120 cm³/mol. The van der Waals surface area contributed by atoms with E-state index in [2.05, 4.69) is 10.2 Å². The van der Waals surface area contributed by atoms with Crippen LogP contribution in [0, 0.1) is 0 Å². The van der Waals surface area contributed by atoms with Crippen LogP contribution in [0.25, 0.3) is 0 Å². The van der Waals surface area contributed by atoms with Crippen LogP contribution < -0.4 is 5.32 Å². The quantitative estimate of drug-likeness (QED) is 0.717. The summed E-state index contributed by atoms with van der Waals surface area (Å²) in [6, 6.07) is 7.20. The van der Waals surface area contributed by atoms with Crippen molar-refractivity contribution in [2.24, 2.45) is 0 Å². The van der Waals surface area contributed by atoms with Crippen LogP contribution >= 0.6 is 11.6 Å². The lowest BCUT2D eigenvalue weighted by Gasteiger charge is -2.40. The number of hydrogen-bond donors (Lipinski definition) is 1. The molecule has 0 bridgehead atoms. The van der Waals surface area contributed by atoms with Gasteiger partial charge in [0, 0.05) is 38.3 Å². The SMILES string of the molecule is O=C(NC1CCN(C2CCCCC2)CC1)[C@@H]1CN(S(=O)(=O)c2ccccc2Cl)CCO1. The number of nitrogens with one attached hydrogen (secondary N) is 1. The van der Waals surface area contributed by atoms with E-state index in [1.807, 2.05) is 0 Å². The third kappa shape index (κ3) is 5.42. The van der Waals surface area contributed by atoms with E-state index in [0.717, 1.165) is 25.9 Å². The van der Waals surface area contributed by atoms with Crippen molar-refractivity contribution in [2.45, 2.75) is 68.0 Å². The number of ether oxygens (including phenoxy) is 1. The Balaban J connectivity index is 1.31. The third-order valence-corrected chi connectivity index (χ3v) is 9.11. The van der Waals surface area contributed by atoms with Crippen molar-refractivity contribution in [3.8, 4) is 0 Å². The summed E-state index contributed by atoms with van der Waals surface area (Å²) in [7, 11) is -3.78. The minimum absolute atomic E-state index is 0.000306. The number of amides is 1. The summed E-state index contributed by atoms with van der Waals surface area (Å²) in [5.74, 6) is -0.227. The van der Waals surface area contributed by atoms with Crippen LogP contribution in [0.3, 0.4) is 0 Å². The number of benzene rings is 1. The number of carbonyl (C=O) groups excluding carboxylic acids is 1. The fourth-order valence-electron chi connectivity index (χ4n) is 4.94. The van der Waals surface area contributed by atoms with Gasteiger partial charge in [-0.15, -0.1) is 0 Å². The van der Waals surface area contributed by atoms with Gasteiger partial charge in [-0.2, -0.15) is 4.31 Å². The summed E-state index contributed by atoms with van der Waals surface area (Å²) in [5.41, 5.74) is 0. The molecular formula is C22H32ClN3O4S. The molecule has 1 N–H and O–H groups in total. The maximum Gasteiger partial charge on any atom is 0.250 e. The maximum atomic E-state index is 13.0. The van der Waals surface area contributed by atoms with Gasteiger partial charge < -0.3 is 15.0 Å². The number of rotatable bonds is 5. The molecule has 2 saturated heterocycles. The Hall–Kier alpha value is -1.19. The number of halogens is 1. The molecule has 2 aliphatic heterocycles. The van der Waals surface area contributed by atoms with E-state index < -0.39 is 16.1 Å². The molecule has 1 amide bonds. The molecule has 0 radical (unpaired) electrons. The second-order valence-corrected chi connectivity index (χ2v) is 11.1. The molecule has 9 heteroatoms. The topological polar surface area (TPSA) is 79.0 Å². The van der Waals surface area contributed by atoms with Crippen LogP contribution in [0.5, 0.6) is 0 Å². The Morgan fingerprint density at radius 2 is 1.74 bits per heavy atom. The number of likely N-dealkylation sites (tertiary alicyclic amines) is 1. The Kier molecular flexibility index (Phi) is 7.54. The largest absolute Gasteiger partial charge is 0.366 e. The van der Waals surface area contributed by atoms with Gasteiger partial charge in [0.25, 0.3) is 5.91 Å². The Morgan fingerprint density at radius 3 is 2.45 bits per heavy atom. The number of hydrogen-bond acceptors (Lipinski definition) is 5. The van der Waals surface area contributed by atoms with Crippen LogP contribution in [0.2, 0.25) is 5.02 Å². The van der Waals surface area contributed by atoms with E-state index in [9.17, 15) is 13.2 Å². The summed E-state index contributed by atoms with van der Waals surface area (Å²) in [4.78, 5) is 15.5. The summed E-state index contributed by atoms with van der Waals surface area (Å²) in [6.07, 6.45) is 7.65. The molecule has 1 aromatic rings. The minimum Gasteiger partial charge on any atom is -0.366 e.